The van der Waals surface area contributed by atoms with Crippen molar-refractivity contribution in [3.63, 3.8) is 0 Å². The maximum absolute atomic E-state index is 6.19. The number of rotatable bonds is 3. The fourth-order valence-electron chi connectivity index (χ4n) is 3.06. The van der Waals surface area contributed by atoms with Crippen LogP contribution in [0.5, 0.6) is 5.75 Å². The summed E-state index contributed by atoms with van der Waals surface area (Å²) < 4.78 is 9.16. The predicted molar refractivity (Wildman–Crippen MR) is 101 cm³/mol. The number of halogens is 1. The van der Waals surface area contributed by atoms with Gasteiger partial charge in [0, 0.05) is 37.7 Å². The molecule has 1 fully saturated rings. The summed E-state index contributed by atoms with van der Waals surface area (Å²) in [5, 5.41) is 4.30. The Balaban J connectivity index is 1.48. The number of aryl methyl sites for hydroxylation is 1. The van der Waals surface area contributed by atoms with Crippen LogP contribution in [0.3, 0.4) is 0 Å². The monoisotopic (exact) mass is 435 g/mol. The lowest BCUT2D eigenvalue weighted by Crippen LogP contribution is -2.39. The first kappa shape index (κ1) is 15.6. The van der Waals surface area contributed by atoms with Crippen LogP contribution in [-0.2, 0) is 0 Å². The van der Waals surface area contributed by atoms with E-state index in [0.717, 1.165) is 46.8 Å². The molecule has 0 N–H and O–H groups in total. The second-order valence-electron chi connectivity index (χ2n) is 5.96. The first-order chi connectivity index (χ1) is 11.7. The summed E-state index contributed by atoms with van der Waals surface area (Å²) in [5.74, 6) is 2.69. The van der Waals surface area contributed by atoms with E-state index in [9.17, 15) is 0 Å². The van der Waals surface area contributed by atoms with E-state index in [2.05, 4.69) is 54.7 Å². The fraction of sp³-hybridized carbons (Fsp3) is 0.353. The summed E-state index contributed by atoms with van der Waals surface area (Å²) in [6, 6.07) is 10.2. The van der Waals surface area contributed by atoms with Crippen molar-refractivity contribution in [1.29, 1.82) is 0 Å². The quantitative estimate of drug-likeness (QED) is 0.592. The average Bonchev–Trinajstić information content (AvgIpc) is 3.05. The molecule has 0 atom stereocenters. The molecule has 1 aliphatic heterocycles. The molecule has 24 heavy (non-hydrogen) atoms. The first-order valence-corrected chi connectivity index (χ1v) is 9.12. The summed E-state index contributed by atoms with van der Waals surface area (Å²) in [5.41, 5.74) is 0.961. The molecule has 4 rings (SSSR count). The van der Waals surface area contributed by atoms with Gasteiger partial charge in [0.1, 0.15) is 24.0 Å². The zero-order valence-electron chi connectivity index (χ0n) is 13.4. The fourth-order valence-corrected chi connectivity index (χ4v) is 3.57. The number of hydrogen-bond acceptors (Lipinski definition) is 5. The Labute approximate surface area is 154 Å². The number of hydrogen-bond donors (Lipinski definition) is 0. The maximum Gasteiger partial charge on any atom is 0.254 e. The zero-order valence-corrected chi connectivity index (χ0v) is 15.5. The zero-order chi connectivity index (χ0) is 16.5. The molecule has 1 aliphatic rings. The topological polar surface area (TPSA) is 55.6 Å². The molecule has 0 spiro atoms. The van der Waals surface area contributed by atoms with Crippen molar-refractivity contribution in [2.45, 2.75) is 25.9 Å². The van der Waals surface area contributed by atoms with E-state index < -0.39 is 0 Å². The number of benzene rings is 1. The van der Waals surface area contributed by atoms with Crippen LogP contribution in [0.2, 0.25) is 0 Å². The Morgan fingerprint density at radius 3 is 2.79 bits per heavy atom. The number of fused-ring (bicyclic) bond motifs is 1. The van der Waals surface area contributed by atoms with Crippen LogP contribution in [0, 0.1) is 10.5 Å². The Kier molecular flexibility index (Phi) is 4.26. The first-order valence-electron chi connectivity index (χ1n) is 8.04. The van der Waals surface area contributed by atoms with Gasteiger partial charge in [-0.2, -0.15) is 14.6 Å². The van der Waals surface area contributed by atoms with Crippen molar-refractivity contribution >= 4 is 34.2 Å². The molecule has 0 amide bonds. The Hall–Kier alpha value is -1.90. The third kappa shape index (κ3) is 3.04. The number of aromatic nitrogens is 4. The number of piperidine rings is 1. The smallest absolute Gasteiger partial charge is 0.254 e. The highest BCUT2D eigenvalue weighted by molar-refractivity contribution is 14.1. The molecule has 1 aromatic carbocycles. The SMILES string of the molecule is Cc1cc(N2CCC(Oc3ccccc3I)CC2)n2ncnc2n1. The van der Waals surface area contributed by atoms with Crippen LogP contribution in [0.15, 0.2) is 36.7 Å². The van der Waals surface area contributed by atoms with Crippen LogP contribution in [0.1, 0.15) is 18.5 Å². The number of anilines is 1. The van der Waals surface area contributed by atoms with E-state index in [1.54, 1.807) is 6.33 Å². The minimum atomic E-state index is 0.256. The molecule has 0 radical (unpaired) electrons. The molecular weight excluding hydrogens is 417 g/mol. The van der Waals surface area contributed by atoms with Crippen LogP contribution < -0.4 is 9.64 Å². The lowest BCUT2D eigenvalue weighted by molar-refractivity contribution is 0.169. The molecular formula is C17H18IN5O. The third-order valence-corrected chi connectivity index (χ3v) is 5.15. The summed E-state index contributed by atoms with van der Waals surface area (Å²) in [6.07, 6.45) is 3.79. The molecule has 124 valence electrons. The average molecular weight is 435 g/mol. The van der Waals surface area contributed by atoms with Crippen LogP contribution in [-0.4, -0.2) is 38.8 Å². The molecule has 0 aliphatic carbocycles. The molecule has 0 saturated carbocycles. The summed E-state index contributed by atoms with van der Waals surface area (Å²) in [7, 11) is 0. The predicted octanol–water partition coefficient (Wildman–Crippen LogP) is 3.09. The van der Waals surface area contributed by atoms with Crippen molar-refractivity contribution in [3.8, 4) is 5.75 Å². The van der Waals surface area contributed by atoms with E-state index in [1.807, 2.05) is 29.6 Å². The van der Waals surface area contributed by atoms with Crippen LogP contribution in [0.25, 0.3) is 5.78 Å². The van der Waals surface area contributed by atoms with Gasteiger partial charge in [0.2, 0.25) is 0 Å². The summed E-state index contributed by atoms with van der Waals surface area (Å²) >= 11 is 2.32. The van der Waals surface area contributed by atoms with E-state index >= 15 is 0 Å². The molecule has 0 bridgehead atoms. The van der Waals surface area contributed by atoms with Crippen molar-refractivity contribution < 1.29 is 4.74 Å². The highest BCUT2D eigenvalue weighted by Crippen LogP contribution is 2.26. The van der Waals surface area contributed by atoms with Gasteiger partial charge in [-0.1, -0.05) is 12.1 Å². The van der Waals surface area contributed by atoms with Gasteiger partial charge in [0.05, 0.1) is 3.57 Å². The number of ether oxygens (including phenoxy) is 1. The van der Waals surface area contributed by atoms with Gasteiger partial charge in [-0.15, -0.1) is 0 Å². The minimum Gasteiger partial charge on any atom is -0.489 e. The van der Waals surface area contributed by atoms with Crippen molar-refractivity contribution in [3.05, 3.63) is 45.9 Å². The van der Waals surface area contributed by atoms with E-state index in [0.29, 0.717) is 5.78 Å². The highest BCUT2D eigenvalue weighted by Gasteiger charge is 2.23. The van der Waals surface area contributed by atoms with Gasteiger partial charge in [-0.3, -0.25) is 0 Å². The normalized spacial score (nSPS) is 15.8. The molecule has 1 saturated heterocycles. The van der Waals surface area contributed by atoms with Crippen molar-refractivity contribution in [1.82, 2.24) is 19.6 Å². The number of nitrogens with zero attached hydrogens (tertiary/aromatic N) is 5. The summed E-state index contributed by atoms with van der Waals surface area (Å²) in [6.45, 7) is 3.87. The van der Waals surface area contributed by atoms with Gasteiger partial charge < -0.3 is 9.64 Å². The maximum atomic E-state index is 6.19. The van der Waals surface area contributed by atoms with Gasteiger partial charge in [-0.05, 0) is 41.6 Å². The van der Waals surface area contributed by atoms with Gasteiger partial charge in [0.25, 0.3) is 5.78 Å². The minimum absolute atomic E-state index is 0.256. The van der Waals surface area contributed by atoms with E-state index in [4.69, 9.17) is 4.74 Å². The van der Waals surface area contributed by atoms with Crippen LogP contribution in [0.4, 0.5) is 5.82 Å². The Bertz CT molecular complexity index is 857. The second kappa shape index (κ2) is 6.54. The lowest BCUT2D eigenvalue weighted by atomic mass is 10.1. The molecule has 3 aromatic rings. The number of para-hydroxylation sites is 1. The van der Waals surface area contributed by atoms with E-state index in [-0.39, 0.29) is 6.10 Å². The third-order valence-electron chi connectivity index (χ3n) is 4.26. The van der Waals surface area contributed by atoms with E-state index in [1.165, 1.54) is 0 Å². The Morgan fingerprint density at radius 2 is 2.00 bits per heavy atom. The standard InChI is InChI=1S/C17H18IN5O/c1-12-10-16(23-17(21-12)19-11-20-23)22-8-6-13(7-9-22)24-15-5-3-2-4-14(15)18/h2-5,10-11,13H,6-9H2,1H3. The Morgan fingerprint density at radius 1 is 1.21 bits per heavy atom. The van der Waals surface area contributed by atoms with Crippen molar-refractivity contribution in [2.24, 2.45) is 0 Å². The molecule has 7 heteroatoms. The van der Waals surface area contributed by atoms with Gasteiger partial charge in [-0.25, -0.2) is 4.98 Å². The molecule has 2 aromatic heterocycles. The summed E-state index contributed by atoms with van der Waals surface area (Å²) in [4.78, 5) is 11.0. The van der Waals surface area contributed by atoms with Crippen LogP contribution >= 0.6 is 22.6 Å². The highest BCUT2D eigenvalue weighted by atomic mass is 127. The molecule has 6 nitrogen and oxygen atoms in total. The largest absolute Gasteiger partial charge is 0.489 e. The second-order valence-corrected chi connectivity index (χ2v) is 7.12. The van der Waals surface area contributed by atoms with Gasteiger partial charge in [0.15, 0.2) is 0 Å². The molecule has 3 heterocycles. The van der Waals surface area contributed by atoms with Gasteiger partial charge >= 0.3 is 0 Å². The molecule has 0 unspecified atom stereocenters. The lowest BCUT2D eigenvalue weighted by Gasteiger charge is -2.33. The van der Waals surface area contributed by atoms with Crippen molar-refractivity contribution in [2.75, 3.05) is 18.0 Å².